The number of carbonyl (C=O) groups excluding carboxylic acids is 1. The van der Waals surface area contributed by atoms with Gasteiger partial charge in [-0.3, -0.25) is 4.79 Å². The number of halogens is 1. The number of benzene rings is 3. The van der Waals surface area contributed by atoms with Gasteiger partial charge in [0.15, 0.2) is 0 Å². The summed E-state index contributed by atoms with van der Waals surface area (Å²) in [4.78, 5) is 12.6. The van der Waals surface area contributed by atoms with Gasteiger partial charge in [0.1, 0.15) is 5.82 Å². The molecule has 0 aliphatic heterocycles. The maximum Gasteiger partial charge on any atom is 0.225 e. The standard InChI is InChI=1S/C22H20FNO/c1-16-9-5-7-13-19(16)22(17-10-3-2-4-11-17)24-21(25)15-18-12-6-8-14-20(18)23/h2-14,22H,15H2,1H3,(H,24,25). The van der Waals surface area contributed by atoms with E-state index in [2.05, 4.69) is 5.32 Å². The Morgan fingerprint density at radius 2 is 1.56 bits per heavy atom. The number of amides is 1. The summed E-state index contributed by atoms with van der Waals surface area (Å²) in [6.07, 6.45) is 0.0158. The fraction of sp³-hybridized carbons (Fsp3) is 0.136. The molecule has 0 aliphatic carbocycles. The van der Waals surface area contributed by atoms with Crippen LogP contribution in [-0.4, -0.2) is 5.91 Å². The van der Waals surface area contributed by atoms with Gasteiger partial charge in [0, 0.05) is 0 Å². The van der Waals surface area contributed by atoms with Gasteiger partial charge in [0.05, 0.1) is 12.5 Å². The Morgan fingerprint density at radius 3 is 2.28 bits per heavy atom. The summed E-state index contributed by atoms with van der Waals surface area (Å²) < 4.78 is 13.8. The Kier molecular flexibility index (Phi) is 5.24. The molecule has 1 atom stereocenters. The van der Waals surface area contributed by atoms with Crippen molar-refractivity contribution in [3.63, 3.8) is 0 Å². The molecule has 2 nitrogen and oxygen atoms in total. The molecule has 3 aromatic rings. The van der Waals surface area contributed by atoms with Gasteiger partial charge in [0.25, 0.3) is 0 Å². The summed E-state index contributed by atoms with van der Waals surface area (Å²) in [5, 5.41) is 3.06. The molecular weight excluding hydrogens is 313 g/mol. The highest BCUT2D eigenvalue weighted by Crippen LogP contribution is 2.25. The third-order valence-corrected chi connectivity index (χ3v) is 4.25. The molecule has 0 radical (unpaired) electrons. The third-order valence-electron chi connectivity index (χ3n) is 4.25. The molecule has 0 saturated carbocycles. The van der Waals surface area contributed by atoms with E-state index in [1.165, 1.54) is 6.07 Å². The molecule has 3 aromatic carbocycles. The number of carbonyl (C=O) groups is 1. The fourth-order valence-electron chi connectivity index (χ4n) is 2.92. The third kappa shape index (κ3) is 4.13. The predicted octanol–water partition coefficient (Wildman–Crippen LogP) is 4.58. The molecule has 126 valence electrons. The van der Waals surface area contributed by atoms with Crippen molar-refractivity contribution in [2.75, 3.05) is 0 Å². The second-order valence-corrected chi connectivity index (χ2v) is 6.04. The zero-order valence-electron chi connectivity index (χ0n) is 14.1. The average Bonchev–Trinajstić information content (AvgIpc) is 2.63. The van der Waals surface area contributed by atoms with Crippen molar-refractivity contribution in [1.82, 2.24) is 5.32 Å². The van der Waals surface area contributed by atoms with E-state index in [0.29, 0.717) is 5.56 Å². The number of hydrogen-bond acceptors (Lipinski definition) is 1. The normalized spacial score (nSPS) is 11.8. The molecule has 1 unspecified atom stereocenters. The maximum atomic E-state index is 13.8. The minimum absolute atomic E-state index is 0.0158. The van der Waals surface area contributed by atoms with Crippen LogP contribution in [0.15, 0.2) is 78.9 Å². The van der Waals surface area contributed by atoms with E-state index >= 15 is 0 Å². The van der Waals surface area contributed by atoms with E-state index in [-0.39, 0.29) is 24.2 Å². The zero-order chi connectivity index (χ0) is 17.6. The van der Waals surface area contributed by atoms with Gasteiger partial charge >= 0.3 is 0 Å². The minimum Gasteiger partial charge on any atom is -0.345 e. The molecule has 3 rings (SSSR count). The van der Waals surface area contributed by atoms with Crippen LogP contribution in [0.1, 0.15) is 28.3 Å². The van der Waals surface area contributed by atoms with E-state index < -0.39 is 0 Å². The highest BCUT2D eigenvalue weighted by molar-refractivity contribution is 5.79. The van der Waals surface area contributed by atoms with Crippen molar-refractivity contribution >= 4 is 5.91 Å². The topological polar surface area (TPSA) is 29.1 Å². The summed E-state index contributed by atoms with van der Waals surface area (Å²) in [6, 6.07) is 23.9. The van der Waals surface area contributed by atoms with Crippen LogP contribution in [0, 0.1) is 12.7 Å². The second kappa shape index (κ2) is 7.75. The van der Waals surface area contributed by atoms with Crippen molar-refractivity contribution in [1.29, 1.82) is 0 Å². The fourth-order valence-corrected chi connectivity index (χ4v) is 2.92. The molecule has 0 aliphatic rings. The van der Waals surface area contributed by atoms with Crippen LogP contribution < -0.4 is 5.32 Å². The molecule has 1 N–H and O–H groups in total. The van der Waals surface area contributed by atoms with Gasteiger partial charge in [-0.25, -0.2) is 4.39 Å². The summed E-state index contributed by atoms with van der Waals surface area (Å²) in [6.45, 7) is 2.02. The van der Waals surface area contributed by atoms with Crippen LogP contribution >= 0.6 is 0 Å². The Balaban J connectivity index is 1.87. The number of aryl methyl sites for hydroxylation is 1. The van der Waals surface area contributed by atoms with Crippen LogP contribution in [0.2, 0.25) is 0 Å². The number of rotatable bonds is 5. The average molecular weight is 333 g/mol. The zero-order valence-corrected chi connectivity index (χ0v) is 14.1. The molecule has 0 saturated heterocycles. The van der Waals surface area contributed by atoms with Crippen LogP contribution in [0.4, 0.5) is 4.39 Å². The first-order valence-electron chi connectivity index (χ1n) is 8.28. The SMILES string of the molecule is Cc1ccccc1C(NC(=O)Cc1ccccc1F)c1ccccc1. The Labute approximate surface area is 147 Å². The van der Waals surface area contributed by atoms with E-state index in [0.717, 1.165) is 16.7 Å². The van der Waals surface area contributed by atoms with Crippen LogP contribution in [0.5, 0.6) is 0 Å². The lowest BCUT2D eigenvalue weighted by molar-refractivity contribution is -0.121. The lowest BCUT2D eigenvalue weighted by Crippen LogP contribution is -2.31. The van der Waals surface area contributed by atoms with Crippen molar-refractivity contribution in [3.8, 4) is 0 Å². The lowest BCUT2D eigenvalue weighted by atomic mass is 9.94. The Bertz CT molecular complexity index is 861. The highest BCUT2D eigenvalue weighted by atomic mass is 19.1. The molecule has 1 amide bonds. The van der Waals surface area contributed by atoms with Crippen molar-refractivity contribution in [2.45, 2.75) is 19.4 Å². The summed E-state index contributed by atoms with van der Waals surface area (Å²) in [7, 11) is 0. The first-order valence-corrected chi connectivity index (χ1v) is 8.28. The van der Waals surface area contributed by atoms with Gasteiger partial charge < -0.3 is 5.32 Å². The van der Waals surface area contributed by atoms with Gasteiger partial charge in [0.2, 0.25) is 5.91 Å². The number of hydrogen-bond donors (Lipinski definition) is 1. The van der Waals surface area contributed by atoms with Gasteiger partial charge in [-0.1, -0.05) is 72.8 Å². The van der Waals surface area contributed by atoms with Crippen molar-refractivity contribution in [3.05, 3.63) is 107 Å². The Hall–Kier alpha value is -2.94. The molecule has 0 heterocycles. The smallest absolute Gasteiger partial charge is 0.225 e. The number of nitrogens with one attached hydrogen (secondary N) is 1. The van der Waals surface area contributed by atoms with E-state index in [1.54, 1.807) is 18.2 Å². The van der Waals surface area contributed by atoms with Gasteiger partial charge in [-0.2, -0.15) is 0 Å². The molecular formula is C22H20FNO. The molecule has 25 heavy (non-hydrogen) atoms. The molecule has 0 bridgehead atoms. The van der Waals surface area contributed by atoms with Gasteiger partial charge in [-0.05, 0) is 35.2 Å². The molecule has 3 heteroatoms. The van der Waals surface area contributed by atoms with E-state index in [9.17, 15) is 9.18 Å². The first-order chi connectivity index (χ1) is 12.1. The second-order valence-electron chi connectivity index (χ2n) is 6.04. The van der Waals surface area contributed by atoms with Crippen LogP contribution in [0.25, 0.3) is 0 Å². The Morgan fingerprint density at radius 1 is 0.920 bits per heavy atom. The van der Waals surface area contributed by atoms with Crippen molar-refractivity contribution < 1.29 is 9.18 Å². The lowest BCUT2D eigenvalue weighted by Gasteiger charge is -2.22. The molecule has 0 spiro atoms. The molecule has 0 aromatic heterocycles. The summed E-state index contributed by atoms with van der Waals surface area (Å²) in [5.74, 6) is -0.563. The summed E-state index contributed by atoms with van der Waals surface area (Å²) in [5.41, 5.74) is 3.54. The first kappa shape index (κ1) is 16.9. The molecule has 0 fully saturated rings. The maximum absolute atomic E-state index is 13.8. The monoisotopic (exact) mass is 333 g/mol. The van der Waals surface area contributed by atoms with E-state index in [1.807, 2.05) is 61.5 Å². The summed E-state index contributed by atoms with van der Waals surface area (Å²) >= 11 is 0. The highest BCUT2D eigenvalue weighted by Gasteiger charge is 2.19. The van der Waals surface area contributed by atoms with E-state index in [4.69, 9.17) is 0 Å². The predicted molar refractivity (Wildman–Crippen MR) is 97.7 cm³/mol. The van der Waals surface area contributed by atoms with Gasteiger partial charge in [-0.15, -0.1) is 0 Å². The quantitative estimate of drug-likeness (QED) is 0.727. The minimum atomic E-state index is -0.357. The van der Waals surface area contributed by atoms with Crippen molar-refractivity contribution in [2.24, 2.45) is 0 Å². The van der Waals surface area contributed by atoms with Crippen LogP contribution in [0.3, 0.4) is 0 Å². The van der Waals surface area contributed by atoms with Crippen LogP contribution in [-0.2, 0) is 11.2 Å². The largest absolute Gasteiger partial charge is 0.345 e.